The van der Waals surface area contributed by atoms with Crippen LogP contribution < -0.4 is 10.2 Å². The zero-order valence-corrected chi connectivity index (χ0v) is 11.5. The molecule has 0 aromatic carbocycles. The van der Waals surface area contributed by atoms with Gasteiger partial charge in [-0.1, -0.05) is 6.92 Å². The first-order valence-electron chi connectivity index (χ1n) is 5.81. The summed E-state index contributed by atoms with van der Waals surface area (Å²) in [6.45, 7) is 7.53. The Morgan fingerprint density at radius 1 is 1.62 bits per heavy atom. The van der Waals surface area contributed by atoms with Crippen LogP contribution in [0.2, 0.25) is 0 Å². The van der Waals surface area contributed by atoms with Gasteiger partial charge in [0.25, 0.3) is 0 Å². The van der Waals surface area contributed by atoms with E-state index in [-0.39, 0.29) is 0 Å². The maximum atomic E-state index is 4.54. The van der Waals surface area contributed by atoms with Gasteiger partial charge < -0.3 is 10.2 Å². The Morgan fingerprint density at radius 2 is 2.50 bits per heavy atom. The molecule has 3 nitrogen and oxygen atoms in total. The maximum Gasteiger partial charge on any atom is 0.185 e. The van der Waals surface area contributed by atoms with Gasteiger partial charge in [-0.2, -0.15) is 11.8 Å². The monoisotopic (exact) mass is 257 g/mol. The van der Waals surface area contributed by atoms with Gasteiger partial charge in [0.05, 0.1) is 0 Å². The van der Waals surface area contributed by atoms with Crippen LogP contribution in [0.3, 0.4) is 0 Å². The Kier molecular flexibility index (Phi) is 4.49. The van der Waals surface area contributed by atoms with Gasteiger partial charge in [-0.25, -0.2) is 4.98 Å². The molecule has 1 atom stereocenters. The topological polar surface area (TPSA) is 28.2 Å². The van der Waals surface area contributed by atoms with Crippen molar-refractivity contribution in [2.45, 2.75) is 26.4 Å². The molecule has 5 heteroatoms. The van der Waals surface area contributed by atoms with Crippen LogP contribution in [0.4, 0.5) is 5.13 Å². The quantitative estimate of drug-likeness (QED) is 0.895. The SMILES string of the molecule is CCNCc1cnc(N2CCSCC2C)s1. The molecule has 0 radical (unpaired) electrons. The minimum atomic E-state index is 0.622. The second-order valence-corrected chi connectivity index (χ2v) is 6.25. The predicted molar refractivity (Wildman–Crippen MR) is 73.6 cm³/mol. The predicted octanol–water partition coefficient (Wildman–Crippen LogP) is 2.19. The van der Waals surface area contributed by atoms with Gasteiger partial charge in [-0.15, -0.1) is 11.3 Å². The summed E-state index contributed by atoms with van der Waals surface area (Å²) in [4.78, 5) is 8.31. The highest BCUT2D eigenvalue weighted by molar-refractivity contribution is 7.99. The molecule has 0 spiro atoms. The molecule has 1 aliphatic rings. The Labute approximate surface area is 106 Å². The number of anilines is 1. The summed E-state index contributed by atoms with van der Waals surface area (Å²) in [5.74, 6) is 2.45. The summed E-state index contributed by atoms with van der Waals surface area (Å²) >= 11 is 3.87. The van der Waals surface area contributed by atoms with Crippen LogP contribution in [0.1, 0.15) is 18.7 Å². The van der Waals surface area contributed by atoms with Crippen molar-refractivity contribution >= 4 is 28.2 Å². The van der Waals surface area contributed by atoms with Crippen LogP contribution in [0.5, 0.6) is 0 Å². The molecule has 2 heterocycles. The molecule has 1 aromatic rings. The third-order valence-corrected chi connectivity index (χ3v) is 4.93. The van der Waals surface area contributed by atoms with E-state index in [2.05, 4.69) is 29.0 Å². The van der Waals surface area contributed by atoms with E-state index < -0.39 is 0 Å². The molecule has 1 fully saturated rings. The molecular weight excluding hydrogens is 238 g/mol. The summed E-state index contributed by atoms with van der Waals surface area (Å²) in [5, 5.41) is 4.53. The fourth-order valence-electron chi connectivity index (χ4n) is 1.77. The van der Waals surface area contributed by atoms with E-state index >= 15 is 0 Å². The van der Waals surface area contributed by atoms with Gasteiger partial charge in [-0.3, -0.25) is 0 Å². The highest BCUT2D eigenvalue weighted by atomic mass is 32.2. The van der Waals surface area contributed by atoms with Gasteiger partial charge in [-0.05, 0) is 13.5 Å². The maximum absolute atomic E-state index is 4.54. The third-order valence-electron chi connectivity index (χ3n) is 2.70. The van der Waals surface area contributed by atoms with Crippen LogP contribution in [0.15, 0.2) is 6.20 Å². The van der Waals surface area contributed by atoms with Crippen molar-refractivity contribution in [3.8, 4) is 0 Å². The van der Waals surface area contributed by atoms with Gasteiger partial charge in [0.15, 0.2) is 5.13 Å². The highest BCUT2D eigenvalue weighted by Crippen LogP contribution is 2.27. The molecule has 0 bridgehead atoms. The lowest BCUT2D eigenvalue weighted by atomic mass is 10.3. The first-order valence-corrected chi connectivity index (χ1v) is 7.78. The van der Waals surface area contributed by atoms with Gasteiger partial charge in [0, 0.05) is 41.7 Å². The van der Waals surface area contributed by atoms with Crippen LogP contribution >= 0.6 is 23.1 Å². The zero-order valence-electron chi connectivity index (χ0n) is 9.90. The Balaban J connectivity index is 1.99. The van der Waals surface area contributed by atoms with Crippen molar-refractivity contribution in [1.29, 1.82) is 0 Å². The van der Waals surface area contributed by atoms with Crippen molar-refractivity contribution in [1.82, 2.24) is 10.3 Å². The number of nitrogens with zero attached hydrogens (tertiary/aromatic N) is 2. The average molecular weight is 257 g/mol. The molecule has 0 amide bonds. The van der Waals surface area contributed by atoms with Gasteiger partial charge in [0.2, 0.25) is 0 Å². The molecule has 1 N–H and O–H groups in total. The summed E-state index contributed by atoms with van der Waals surface area (Å²) in [6.07, 6.45) is 2.01. The molecule has 1 saturated heterocycles. The van der Waals surface area contributed by atoms with E-state index in [1.165, 1.54) is 21.5 Å². The largest absolute Gasteiger partial charge is 0.344 e. The summed E-state index contributed by atoms with van der Waals surface area (Å²) in [5.41, 5.74) is 0. The molecule has 1 aliphatic heterocycles. The van der Waals surface area contributed by atoms with Crippen molar-refractivity contribution in [3.05, 3.63) is 11.1 Å². The van der Waals surface area contributed by atoms with E-state index in [1.807, 2.05) is 29.3 Å². The van der Waals surface area contributed by atoms with Crippen molar-refractivity contribution < 1.29 is 0 Å². The van der Waals surface area contributed by atoms with Crippen molar-refractivity contribution in [2.75, 3.05) is 29.5 Å². The lowest BCUT2D eigenvalue weighted by molar-refractivity contribution is 0.697. The van der Waals surface area contributed by atoms with Gasteiger partial charge in [0.1, 0.15) is 0 Å². The second kappa shape index (κ2) is 5.89. The number of thioether (sulfide) groups is 1. The number of rotatable bonds is 4. The van der Waals surface area contributed by atoms with E-state index in [4.69, 9.17) is 0 Å². The van der Waals surface area contributed by atoms with Crippen LogP contribution in [-0.4, -0.2) is 35.6 Å². The number of nitrogens with one attached hydrogen (secondary N) is 1. The van der Waals surface area contributed by atoms with E-state index in [0.717, 1.165) is 19.6 Å². The smallest absolute Gasteiger partial charge is 0.185 e. The number of aromatic nitrogens is 1. The number of hydrogen-bond acceptors (Lipinski definition) is 5. The summed E-state index contributed by atoms with van der Waals surface area (Å²) in [7, 11) is 0. The highest BCUT2D eigenvalue weighted by Gasteiger charge is 2.21. The molecular formula is C11H19N3S2. The third kappa shape index (κ3) is 2.90. The molecule has 0 saturated carbocycles. The first-order chi connectivity index (χ1) is 7.81. The normalized spacial score (nSPS) is 21.4. The lowest BCUT2D eigenvalue weighted by Crippen LogP contribution is -2.40. The second-order valence-electron chi connectivity index (χ2n) is 4.01. The van der Waals surface area contributed by atoms with Gasteiger partial charge >= 0.3 is 0 Å². The molecule has 1 unspecified atom stereocenters. The average Bonchev–Trinajstić information content (AvgIpc) is 2.75. The minimum Gasteiger partial charge on any atom is -0.344 e. The standard InChI is InChI=1S/C11H19N3S2/c1-3-12-6-10-7-13-11(16-10)14-4-5-15-8-9(14)2/h7,9,12H,3-6,8H2,1-2H3. The molecule has 1 aromatic heterocycles. The number of thiazole rings is 1. The van der Waals surface area contributed by atoms with Crippen LogP contribution in [0.25, 0.3) is 0 Å². The van der Waals surface area contributed by atoms with Crippen LogP contribution in [-0.2, 0) is 6.54 Å². The molecule has 0 aliphatic carbocycles. The first kappa shape index (κ1) is 12.2. The van der Waals surface area contributed by atoms with Crippen molar-refractivity contribution in [2.24, 2.45) is 0 Å². The lowest BCUT2D eigenvalue weighted by Gasteiger charge is -2.32. The van der Waals surface area contributed by atoms with E-state index in [0.29, 0.717) is 6.04 Å². The summed E-state index contributed by atoms with van der Waals surface area (Å²) < 4.78 is 0. The Morgan fingerprint density at radius 3 is 3.25 bits per heavy atom. The minimum absolute atomic E-state index is 0.622. The molecule has 90 valence electrons. The number of hydrogen-bond donors (Lipinski definition) is 1. The van der Waals surface area contributed by atoms with Crippen molar-refractivity contribution in [3.63, 3.8) is 0 Å². The Hall–Kier alpha value is -0.260. The fraction of sp³-hybridized carbons (Fsp3) is 0.727. The Bertz CT molecular complexity index is 327. The zero-order chi connectivity index (χ0) is 11.4. The molecule has 16 heavy (non-hydrogen) atoms. The van der Waals surface area contributed by atoms with E-state index in [9.17, 15) is 0 Å². The van der Waals surface area contributed by atoms with E-state index in [1.54, 1.807) is 0 Å². The summed E-state index contributed by atoms with van der Waals surface area (Å²) in [6, 6.07) is 0.622. The molecule has 2 rings (SSSR count). The fourth-order valence-corrected chi connectivity index (χ4v) is 3.79. The van der Waals surface area contributed by atoms with Crippen LogP contribution in [0, 0.1) is 0 Å².